The summed E-state index contributed by atoms with van der Waals surface area (Å²) in [7, 11) is 1.61. The summed E-state index contributed by atoms with van der Waals surface area (Å²) in [6.07, 6.45) is 1.35. The van der Waals surface area contributed by atoms with Crippen molar-refractivity contribution in [1.29, 1.82) is 0 Å². The van der Waals surface area contributed by atoms with Crippen LogP contribution in [-0.2, 0) is 9.47 Å². The zero-order valence-electron chi connectivity index (χ0n) is 6.80. The van der Waals surface area contributed by atoms with Gasteiger partial charge in [0.15, 0.2) is 0 Å². The van der Waals surface area contributed by atoms with Gasteiger partial charge < -0.3 is 9.47 Å². The summed E-state index contributed by atoms with van der Waals surface area (Å²) < 4.78 is 9.57. The van der Waals surface area contributed by atoms with Gasteiger partial charge >= 0.3 is 5.43 Å². The van der Waals surface area contributed by atoms with E-state index in [2.05, 4.69) is 0 Å². The molecule has 11 heavy (non-hydrogen) atoms. The number of hydrogen-bond donors (Lipinski definition) is 0. The summed E-state index contributed by atoms with van der Waals surface area (Å²) >= 11 is 5.03. The molecule has 66 valence electrons. The maximum Gasteiger partial charge on any atom is 0.404 e. The first-order valence-corrected chi connectivity index (χ1v) is 3.93. The molecule has 1 atom stereocenters. The highest BCUT2D eigenvalue weighted by molar-refractivity contribution is 6.61. The van der Waals surface area contributed by atoms with Crippen LogP contribution < -0.4 is 0 Å². The molecular weight excluding hydrogens is 168 g/mol. The largest absolute Gasteiger partial charge is 0.450 e. The summed E-state index contributed by atoms with van der Waals surface area (Å²) in [6, 6.07) is 0. The molecule has 0 aliphatic heterocycles. The van der Waals surface area contributed by atoms with Crippen LogP contribution in [0.15, 0.2) is 0 Å². The van der Waals surface area contributed by atoms with Crippen LogP contribution in [0.5, 0.6) is 0 Å². The van der Waals surface area contributed by atoms with Crippen LogP contribution in [-0.4, -0.2) is 25.2 Å². The highest BCUT2D eigenvalue weighted by Gasteiger charge is 2.09. The lowest BCUT2D eigenvalue weighted by molar-refractivity contribution is 0.0858. The summed E-state index contributed by atoms with van der Waals surface area (Å²) in [5.74, 6) is 0. The monoisotopic (exact) mass is 180 g/mol. The molecule has 0 saturated heterocycles. The van der Waals surface area contributed by atoms with Crippen LogP contribution in [0.3, 0.4) is 0 Å². The zero-order valence-corrected chi connectivity index (χ0v) is 7.56. The zero-order chi connectivity index (χ0) is 8.69. The normalized spacial score (nSPS) is 12.6. The Morgan fingerprint density at radius 3 is 2.64 bits per heavy atom. The fourth-order valence-electron chi connectivity index (χ4n) is 0.727. The van der Waals surface area contributed by atoms with Gasteiger partial charge in [0.2, 0.25) is 0 Å². The topological polar surface area (TPSA) is 35.5 Å². The van der Waals surface area contributed by atoms with E-state index in [1.807, 2.05) is 6.92 Å². The molecule has 0 saturated carbocycles. The standard InChI is InChI=1S/C7H13ClO3/c1-3-6(4-5-10-2)11-7(8)9/h6H,3-5H2,1-2H3. The van der Waals surface area contributed by atoms with Crippen LogP contribution >= 0.6 is 11.6 Å². The average molecular weight is 181 g/mol. The molecule has 0 aromatic heterocycles. The van der Waals surface area contributed by atoms with Gasteiger partial charge in [-0.25, -0.2) is 4.79 Å². The smallest absolute Gasteiger partial charge is 0.404 e. The van der Waals surface area contributed by atoms with Crippen LogP contribution in [0.25, 0.3) is 0 Å². The molecule has 0 bridgehead atoms. The first kappa shape index (κ1) is 10.7. The van der Waals surface area contributed by atoms with Crippen molar-refractivity contribution >= 4 is 17.0 Å². The molecule has 0 heterocycles. The van der Waals surface area contributed by atoms with Crippen molar-refractivity contribution in [3.05, 3.63) is 0 Å². The fourth-order valence-corrected chi connectivity index (χ4v) is 0.853. The minimum absolute atomic E-state index is 0.111. The lowest BCUT2D eigenvalue weighted by atomic mass is 10.2. The fraction of sp³-hybridized carbons (Fsp3) is 0.857. The SMILES string of the molecule is CCC(CCOC)OC(=O)Cl. The van der Waals surface area contributed by atoms with Crippen LogP contribution in [0, 0.1) is 0 Å². The Bertz CT molecular complexity index is 116. The number of ether oxygens (including phenoxy) is 2. The first-order chi connectivity index (χ1) is 5.20. The third kappa shape index (κ3) is 6.13. The molecule has 0 aliphatic carbocycles. The summed E-state index contributed by atoms with van der Waals surface area (Å²) in [6.45, 7) is 2.52. The Balaban J connectivity index is 3.49. The van der Waals surface area contributed by atoms with Gasteiger partial charge in [0.1, 0.15) is 6.10 Å². The molecule has 0 N–H and O–H groups in total. The van der Waals surface area contributed by atoms with Gasteiger partial charge in [-0.1, -0.05) is 6.92 Å². The average Bonchev–Trinajstić information content (AvgIpc) is 1.97. The molecule has 4 heteroatoms. The maximum atomic E-state index is 10.3. The lowest BCUT2D eigenvalue weighted by Gasteiger charge is -2.12. The minimum Gasteiger partial charge on any atom is -0.450 e. The van der Waals surface area contributed by atoms with Crippen molar-refractivity contribution in [1.82, 2.24) is 0 Å². The molecular formula is C7H13ClO3. The summed E-state index contributed by atoms with van der Waals surface area (Å²) in [5, 5.41) is 0. The third-order valence-electron chi connectivity index (χ3n) is 1.36. The van der Waals surface area contributed by atoms with E-state index in [0.29, 0.717) is 13.0 Å². The number of hydrogen-bond acceptors (Lipinski definition) is 3. The molecule has 1 unspecified atom stereocenters. The second kappa shape index (κ2) is 6.43. The number of halogens is 1. The van der Waals surface area contributed by atoms with E-state index in [1.165, 1.54) is 0 Å². The second-order valence-electron chi connectivity index (χ2n) is 2.17. The van der Waals surface area contributed by atoms with Gasteiger partial charge in [0.05, 0.1) is 0 Å². The number of carbonyl (C=O) groups excluding carboxylic acids is 1. The molecule has 0 radical (unpaired) electrons. The van der Waals surface area contributed by atoms with Crippen molar-refractivity contribution in [2.75, 3.05) is 13.7 Å². The Kier molecular flexibility index (Phi) is 6.27. The Morgan fingerprint density at radius 1 is 1.64 bits per heavy atom. The van der Waals surface area contributed by atoms with E-state index < -0.39 is 5.43 Å². The van der Waals surface area contributed by atoms with Crippen LogP contribution in [0.1, 0.15) is 19.8 Å². The van der Waals surface area contributed by atoms with Gasteiger partial charge in [-0.05, 0) is 6.42 Å². The Morgan fingerprint density at radius 2 is 2.27 bits per heavy atom. The maximum absolute atomic E-state index is 10.3. The van der Waals surface area contributed by atoms with Crippen molar-refractivity contribution < 1.29 is 14.3 Å². The Labute approximate surface area is 71.6 Å². The summed E-state index contributed by atoms with van der Waals surface area (Å²) in [5.41, 5.74) is -0.743. The van der Waals surface area contributed by atoms with Crippen LogP contribution in [0.4, 0.5) is 4.79 Å². The van der Waals surface area contributed by atoms with Crippen LogP contribution in [0.2, 0.25) is 0 Å². The van der Waals surface area contributed by atoms with Gasteiger partial charge in [-0.3, -0.25) is 0 Å². The number of carbonyl (C=O) groups is 1. The van der Waals surface area contributed by atoms with Crippen molar-refractivity contribution in [3.8, 4) is 0 Å². The highest BCUT2D eigenvalue weighted by atomic mass is 35.5. The highest BCUT2D eigenvalue weighted by Crippen LogP contribution is 2.05. The second-order valence-corrected chi connectivity index (χ2v) is 2.48. The van der Waals surface area contributed by atoms with Gasteiger partial charge in [-0.15, -0.1) is 0 Å². The van der Waals surface area contributed by atoms with E-state index in [9.17, 15) is 4.79 Å². The van der Waals surface area contributed by atoms with E-state index in [4.69, 9.17) is 21.1 Å². The molecule has 0 amide bonds. The van der Waals surface area contributed by atoms with Crippen molar-refractivity contribution in [2.24, 2.45) is 0 Å². The van der Waals surface area contributed by atoms with E-state index >= 15 is 0 Å². The number of methoxy groups -OCH3 is 1. The lowest BCUT2D eigenvalue weighted by Crippen LogP contribution is -2.15. The van der Waals surface area contributed by atoms with Gasteiger partial charge in [-0.2, -0.15) is 0 Å². The van der Waals surface area contributed by atoms with Crippen molar-refractivity contribution in [3.63, 3.8) is 0 Å². The summed E-state index contributed by atoms with van der Waals surface area (Å²) in [4.78, 5) is 10.3. The van der Waals surface area contributed by atoms with E-state index in [1.54, 1.807) is 7.11 Å². The van der Waals surface area contributed by atoms with Gasteiger partial charge in [0.25, 0.3) is 0 Å². The molecule has 0 spiro atoms. The minimum atomic E-state index is -0.743. The molecule has 0 rings (SSSR count). The predicted octanol–water partition coefficient (Wildman–Crippen LogP) is 2.18. The van der Waals surface area contributed by atoms with Gasteiger partial charge in [0, 0.05) is 31.7 Å². The Hall–Kier alpha value is -0.280. The predicted molar refractivity (Wildman–Crippen MR) is 42.9 cm³/mol. The number of rotatable bonds is 5. The molecule has 0 aromatic carbocycles. The molecule has 0 fully saturated rings. The molecule has 0 aromatic rings. The van der Waals surface area contributed by atoms with E-state index in [0.717, 1.165) is 6.42 Å². The van der Waals surface area contributed by atoms with E-state index in [-0.39, 0.29) is 6.10 Å². The quantitative estimate of drug-likeness (QED) is 0.609. The molecule has 0 aliphatic rings. The molecule has 3 nitrogen and oxygen atoms in total. The third-order valence-corrected chi connectivity index (χ3v) is 1.45. The first-order valence-electron chi connectivity index (χ1n) is 3.55. The van der Waals surface area contributed by atoms with Crippen molar-refractivity contribution in [2.45, 2.75) is 25.9 Å².